The first-order chi connectivity index (χ1) is 17.0. The summed E-state index contributed by atoms with van der Waals surface area (Å²) in [5.41, 5.74) is 0. The Kier molecular flexibility index (Phi) is 20.8. The SMILES string of the molecule is CCCCCCCCCOP(=O)(O)OCCN1CCC(N(CCCCCC)CCCCCC)CC1. The lowest BCUT2D eigenvalue weighted by molar-refractivity contribution is 0.0859. The molecule has 0 aliphatic carbocycles. The van der Waals surface area contributed by atoms with Crippen LogP contribution in [0.1, 0.15) is 130 Å². The van der Waals surface area contributed by atoms with E-state index in [1.807, 2.05) is 0 Å². The van der Waals surface area contributed by atoms with Gasteiger partial charge < -0.3 is 14.7 Å². The van der Waals surface area contributed by atoms with E-state index in [1.54, 1.807) is 0 Å². The molecule has 1 atom stereocenters. The summed E-state index contributed by atoms with van der Waals surface area (Å²) in [7, 11) is -3.93. The van der Waals surface area contributed by atoms with Gasteiger partial charge in [0.05, 0.1) is 13.2 Å². The van der Waals surface area contributed by atoms with E-state index < -0.39 is 7.82 Å². The molecule has 0 aromatic carbocycles. The molecule has 1 unspecified atom stereocenters. The average molecular weight is 519 g/mol. The number of nitrogens with zero attached hydrogens (tertiary/aromatic N) is 2. The number of phosphoric acid groups is 1. The van der Waals surface area contributed by atoms with E-state index >= 15 is 0 Å². The molecule has 0 saturated carbocycles. The van der Waals surface area contributed by atoms with Crippen molar-refractivity contribution in [3.63, 3.8) is 0 Å². The van der Waals surface area contributed by atoms with Crippen LogP contribution in [-0.2, 0) is 13.6 Å². The van der Waals surface area contributed by atoms with Crippen molar-refractivity contribution in [2.45, 2.75) is 136 Å². The zero-order chi connectivity index (χ0) is 25.6. The van der Waals surface area contributed by atoms with Crippen LogP contribution < -0.4 is 0 Å². The van der Waals surface area contributed by atoms with Crippen LogP contribution in [-0.4, -0.2) is 66.7 Å². The van der Waals surface area contributed by atoms with Crippen molar-refractivity contribution >= 4 is 7.82 Å². The van der Waals surface area contributed by atoms with E-state index in [1.165, 1.54) is 109 Å². The summed E-state index contributed by atoms with van der Waals surface area (Å²) in [6, 6.07) is 0.685. The highest BCUT2D eigenvalue weighted by Gasteiger charge is 2.25. The quantitative estimate of drug-likeness (QED) is 0.104. The van der Waals surface area contributed by atoms with Crippen molar-refractivity contribution in [1.29, 1.82) is 0 Å². The first-order valence-electron chi connectivity index (χ1n) is 15.1. The van der Waals surface area contributed by atoms with Crippen LogP contribution in [0.15, 0.2) is 0 Å². The molecule has 1 aliphatic heterocycles. The predicted octanol–water partition coefficient (Wildman–Crippen LogP) is 7.80. The van der Waals surface area contributed by atoms with Gasteiger partial charge in [-0.2, -0.15) is 0 Å². The van der Waals surface area contributed by atoms with Crippen LogP contribution >= 0.6 is 7.82 Å². The van der Waals surface area contributed by atoms with Gasteiger partial charge in [0.25, 0.3) is 0 Å². The molecule has 210 valence electrons. The fourth-order valence-electron chi connectivity index (χ4n) is 5.03. The molecule has 1 saturated heterocycles. The van der Waals surface area contributed by atoms with Gasteiger partial charge in [-0.1, -0.05) is 97.8 Å². The van der Waals surface area contributed by atoms with Crippen molar-refractivity contribution in [3.8, 4) is 0 Å². The molecule has 0 aromatic heterocycles. The van der Waals surface area contributed by atoms with Gasteiger partial charge in [-0.25, -0.2) is 4.57 Å². The summed E-state index contributed by atoms with van der Waals surface area (Å²) in [6.45, 7) is 12.6. The van der Waals surface area contributed by atoms with Crippen LogP contribution in [0, 0.1) is 0 Å². The van der Waals surface area contributed by atoms with Crippen molar-refractivity contribution in [2.24, 2.45) is 0 Å². The maximum absolute atomic E-state index is 12.2. The van der Waals surface area contributed by atoms with E-state index in [0.717, 1.165) is 25.9 Å². The molecule has 0 radical (unpaired) electrons. The Morgan fingerprint density at radius 3 is 1.71 bits per heavy atom. The van der Waals surface area contributed by atoms with Crippen molar-refractivity contribution < 1.29 is 18.5 Å². The number of unbranched alkanes of at least 4 members (excludes halogenated alkanes) is 12. The van der Waals surface area contributed by atoms with E-state index in [2.05, 4.69) is 30.6 Å². The largest absolute Gasteiger partial charge is 0.472 e. The molecule has 1 N–H and O–H groups in total. The maximum atomic E-state index is 12.2. The van der Waals surface area contributed by atoms with Gasteiger partial charge in [-0.3, -0.25) is 9.05 Å². The summed E-state index contributed by atoms with van der Waals surface area (Å²) in [6.07, 6.45) is 21.1. The average Bonchev–Trinajstić information content (AvgIpc) is 2.85. The third-order valence-corrected chi connectivity index (χ3v) is 8.35. The number of likely N-dealkylation sites (tertiary alicyclic amines) is 1. The zero-order valence-electron chi connectivity index (χ0n) is 23.6. The molecule has 1 aliphatic rings. The summed E-state index contributed by atoms with van der Waals surface area (Å²) in [5, 5.41) is 0. The van der Waals surface area contributed by atoms with Crippen LogP contribution in [0.2, 0.25) is 0 Å². The molecule has 0 spiro atoms. The maximum Gasteiger partial charge on any atom is 0.472 e. The Morgan fingerprint density at radius 2 is 1.17 bits per heavy atom. The molecule has 6 nitrogen and oxygen atoms in total. The standard InChI is InChI=1S/C28H59N2O4P/c1-4-7-10-13-14-15-18-26-33-35(31,32)34-27-25-29-23-19-28(20-24-29)30(21-16-11-8-5-2)22-17-12-9-6-3/h28H,4-27H2,1-3H3,(H,31,32). The normalized spacial score (nSPS) is 17.3. The van der Waals surface area contributed by atoms with Gasteiger partial charge in [0, 0.05) is 12.6 Å². The monoisotopic (exact) mass is 518 g/mol. The minimum atomic E-state index is -3.93. The second kappa shape index (κ2) is 22.1. The third kappa shape index (κ3) is 18.0. The van der Waals surface area contributed by atoms with Gasteiger partial charge in [-0.05, 0) is 58.3 Å². The molecule has 1 fully saturated rings. The van der Waals surface area contributed by atoms with Crippen LogP contribution in [0.5, 0.6) is 0 Å². The third-order valence-electron chi connectivity index (χ3n) is 7.34. The number of rotatable bonds is 24. The predicted molar refractivity (Wildman–Crippen MR) is 149 cm³/mol. The number of phosphoric ester groups is 1. The number of hydrogen-bond donors (Lipinski definition) is 1. The smallest absolute Gasteiger partial charge is 0.302 e. The van der Waals surface area contributed by atoms with E-state index in [0.29, 0.717) is 19.2 Å². The summed E-state index contributed by atoms with van der Waals surface area (Å²) in [4.78, 5) is 15.1. The first-order valence-corrected chi connectivity index (χ1v) is 16.6. The Bertz CT molecular complexity index is 503. The van der Waals surface area contributed by atoms with E-state index in [-0.39, 0.29) is 6.61 Å². The summed E-state index contributed by atoms with van der Waals surface area (Å²) >= 11 is 0. The fourth-order valence-corrected chi connectivity index (χ4v) is 5.78. The molecular weight excluding hydrogens is 459 g/mol. The fraction of sp³-hybridized carbons (Fsp3) is 1.00. The van der Waals surface area contributed by atoms with Gasteiger partial charge in [0.2, 0.25) is 0 Å². The van der Waals surface area contributed by atoms with Gasteiger partial charge in [0.15, 0.2) is 0 Å². The Morgan fingerprint density at radius 1 is 0.714 bits per heavy atom. The highest BCUT2D eigenvalue weighted by molar-refractivity contribution is 7.47. The highest BCUT2D eigenvalue weighted by Crippen LogP contribution is 2.43. The van der Waals surface area contributed by atoms with Gasteiger partial charge in [-0.15, -0.1) is 0 Å². The lowest BCUT2D eigenvalue weighted by Gasteiger charge is -2.38. The van der Waals surface area contributed by atoms with E-state index in [9.17, 15) is 9.46 Å². The van der Waals surface area contributed by atoms with Crippen molar-refractivity contribution in [1.82, 2.24) is 9.80 Å². The molecule has 0 aromatic rings. The Labute approximate surface area is 218 Å². The lowest BCUT2D eigenvalue weighted by Crippen LogP contribution is -2.46. The molecule has 35 heavy (non-hydrogen) atoms. The summed E-state index contributed by atoms with van der Waals surface area (Å²) in [5.74, 6) is 0. The zero-order valence-corrected chi connectivity index (χ0v) is 24.5. The number of piperidine rings is 1. The molecule has 1 rings (SSSR count). The van der Waals surface area contributed by atoms with Gasteiger partial charge in [0.1, 0.15) is 0 Å². The molecular formula is C28H59N2O4P. The summed E-state index contributed by atoms with van der Waals surface area (Å²) < 4.78 is 22.6. The topological polar surface area (TPSA) is 62.2 Å². The Hall–Kier alpha value is 0.0300. The molecule has 1 heterocycles. The minimum Gasteiger partial charge on any atom is -0.302 e. The highest BCUT2D eigenvalue weighted by atomic mass is 31.2. The molecule has 0 amide bonds. The van der Waals surface area contributed by atoms with Crippen LogP contribution in [0.4, 0.5) is 0 Å². The van der Waals surface area contributed by atoms with Crippen molar-refractivity contribution in [3.05, 3.63) is 0 Å². The first kappa shape index (κ1) is 33.1. The molecule has 0 bridgehead atoms. The molecule has 7 heteroatoms. The number of hydrogen-bond acceptors (Lipinski definition) is 5. The van der Waals surface area contributed by atoms with Crippen LogP contribution in [0.25, 0.3) is 0 Å². The minimum absolute atomic E-state index is 0.257. The second-order valence-electron chi connectivity index (χ2n) is 10.5. The van der Waals surface area contributed by atoms with Crippen LogP contribution in [0.3, 0.4) is 0 Å². The van der Waals surface area contributed by atoms with E-state index in [4.69, 9.17) is 9.05 Å². The Balaban J connectivity index is 2.21. The second-order valence-corrected chi connectivity index (χ2v) is 11.9. The lowest BCUT2D eigenvalue weighted by atomic mass is 10.0. The van der Waals surface area contributed by atoms with Gasteiger partial charge >= 0.3 is 7.82 Å². The van der Waals surface area contributed by atoms with Crippen molar-refractivity contribution in [2.75, 3.05) is 45.9 Å².